The Morgan fingerprint density at radius 3 is 2.08 bits per heavy atom. The zero-order chi connectivity index (χ0) is 20.3. The first-order chi connectivity index (χ1) is 11.7. The zero-order valence-electron chi connectivity index (χ0n) is 15.8. The number of carbonyl (C=O) groups is 2. The highest BCUT2D eigenvalue weighted by atomic mass is 32.2. The summed E-state index contributed by atoms with van der Waals surface area (Å²) in [6.45, 7) is 9.65. The minimum atomic E-state index is -4.09. The summed E-state index contributed by atoms with van der Waals surface area (Å²) < 4.78 is 32.5. The summed E-state index contributed by atoms with van der Waals surface area (Å²) in [6.07, 6.45) is -0.828. The number of aliphatic carboxylic acids is 1. The predicted molar refractivity (Wildman–Crippen MR) is 96.6 cm³/mol. The van der Waals surface area contributed by atoms with E-state index in [1.807, 2.05) is 6.92 Å². The van der Waals surface area contributed by atoms with E-state index in [0.29, 0.717) is 11.1 Å². The fourth-order valence-electron chi connectivity index (χ4n) is 2.52. The minimum absolute atomic E-state index is 0.0339. The highest BCUT2D eigenvalue weighted by Gasteiger charge is 2.28. The molecule has 0 bridgehead atoms. The number of benzene rings is 1. The van der Waals surface area contributed by atoms with E-state index >= 15 is 0 Å². The number of carboxylic acids is 1. The monoisotopic (exact) mass is 386 g/mol. The van der Waals surface area contributed by atoms with Crippen molar-refractivity contribution in [2.45, 2.75) is 58.1 Å². The van der Waals surface area contributed by atoms with Gasteiger partial charge in [-0.2, -0.15) is 4.72 Å². The average molecular weight is 386 g/mol. The SMILES string of the molecule is Cc1cc(C)c(S(=O)(=O)N[C@@H](CNC(=O)OC(C)(C)C)C(=O)O)c(C)c1. The zero-order valence-corrected chi connectivity index (χ0v) is 16.7. The van der Waals surface area contributed by atoms with E-state index in [1.165, 1.54) is 0 Å². The summed E-state index contributed by atoms with van der Waals surface area (Å²) >= 11 is 0. The minimum Gasteiger partial charge on any atom is -0.480 e. The maximum atomic E-state index is 12.7. The molecule has 3 N–H and O–H groups in total. The molecule has 0 fully saturated rings. The number of sulfonamides is 1. The van der Waals surface area contributed by atoms with Crippen LogP contribution >= 0.6 is 0 Å². The molecule has 0 radical (unpaired) electrons. The van der Waals surface area contributed by atoms with Crippen molar-refractivity contribution in [2.24, 2.45) is 0 Å². The number of hydrogen-bond acceptors (Lipinski definition) is 5. The lowest BCUT2D eigenvalue weighted by Gasteiger charge is -2.21. The molecule has 1 amide bonds. The van der Waals surface area contributed by atoms with Crippen LogP contribution < -0.4 is 10.0 Å². The van der Waals surface area contributed by atoms with Gasteiger partial charge in [-0.05, 0) is 52.7 Å². The molecule has 0 aliphatic rings. The van der Waals surface area contributed by atoms with Crippen LogP contribution in [0.5, 0.6) is 0 Å². The highest BCUT2D eigenvalue weighted by Crippen LogP contribution is 2.21. The van der Waals surface area contributed by atoms with Crippen molar-refractivity contribution in [1.82, 2.24) is 10.0 Å². The van der Waals surface area contributed by atoms with Gasteiger partial charge in [-0.15, -0.1) is 0 Å². The van der Waals surface area contributed by atoms with Crippen LogP contribution in [0.4, 0.5) is 4.79 Å². The smallest absolute Gasteiger partial charge is 0.407 e. The van der Waals surface area contributed by atoms with Crippen molar-refractivity contribution in [3.8, 4) is 0 Å². The molecule has 1 aromatic carbocycles. The summed E-state index contributed by atoms with van der Waals surface area (Å²) in [4.78, 5) is 23.1. The standard InChI is InChI=1S/C17H26N2O6S/c1-10-7-11(2)14(12(3)8-10)26(23,24)19-13(15(20)21)9-18-16(22)25-17(4,5)6/h7-8,13,19H,9H2,1-6H3,(H,18,22)(H,20,21)/t13-/m0/s1. The van der Waals surface area contributed by atoms with Crippen LogP contribution in [0, 0.1) is 20.8 Å². The van der Waals surface area contributed by atoms with E-state index in [-0.39, 0.29) is 4.90 Å². The molecule has 1 aromatic rings. The Bertz CT molecular complexity index is 773. The van der Waals surface area contributed by atoms with Crippen LogP contribution in [-0.2, 0) is 19.6 Å². The maximum Gasteiger partial charge on any atom is 0.407 e. The third kappa shape index (κ3) is 6.30. The van der Waals surface area contributed by atoms with Crippen molar-refractivity contribution in [3.63, 3.8) is 0 Å². The number of aryl methyl sites for hydroxylation is 3. The van der Waals surface area contributed by atoms with E-state index in [9.17, 15) is 23.1 Å². The molecule has 0 unspecified atom stereocenters. The van der Waals surface area contributed by atoms with Crippen molar-refractivity contribution in [2.75, 3.05) is 6.54 Å². The lowest BCUT2D eigenvalue weighted by Crippen LogP contribution is -2.49. The normalized spacial score (nSPS) is 13.2. The van der Waals surface area contributed by atoms with Crippen LogP contribution in [0.15, 0.2) is 17.0 Å². The Kier molecular flexibility index (Phi) is 6.78. The molecule has 0 aromatic heterocycles. The molecular formula is C17H26N2O6S. The lowest BCUT2D eigenvalue weighted by atomic mass is 10.1. The fraction of sp³-hybridized carbons (Fsp3) is 0.529. The number of alkyl carbamates (subject to hydrolysis) is 1. The molecule has 0 aliphatic carbocycles. The van der Waals surface area contributed by atoms with Gasteiger partial charge in [0.05, 0.1) is 4.90 Å². The Hall–Kier alpha value is -2.13. The molecule has 0 spiro atoms. The van der Waals surface area contributed by atoms with Gasteiger partial charge in [-0.3, -0.25) is 4.79 Å². The number of amides is 1. The quantitative estimate of drug-likeness (QED) is 0.686. The summed E-state index contributed by atoms with van der Waals surface area (Å²) in [7, 11) is -4.09. The molecule has 0 saturated heterocycles. The third-order valence-corrected chi connectivity index (χ3v) is 5.09. The van der Waals surface area contributed by atoms with Crippen molar-refractivity contribution in [1.29, 1.82) is 0 Å². The van der Waals surface area contributed by atoms with E-state index in [2.05, 4.69) is 10.0 Å². The average Bonchev–Trinajstić information content (AvgIpc) is 2.39. The first kappa shape index (κ1) is 21.9. The van der Waals surface area contributed by atoms with E-state index < -0.39 is 40.3 Å². The van der Waals surface area contributed by atoms with Crippen LogP contribution in [0.2, 0.25) is 0 Å². The molecule has 9 heteroatoms. The van der Waals surface area contributed by atoms with Gasteiger partial charge in [0.1, 0.15) is 11.6 Å². The molecule has 0 heterocycles. The maximum absolute atomic E-state index is 12.7. The summed E-state index contributed by atoms with van der Waals surface area (Å²) in [6, 6.07) is 1.87. The molecule has 1 atom stereocenters. The summed E-state index contributed by atoms with van der Waals surface area (Å²) in [5.74, 6) is -1.41. The Balaban J connectivity index is 2.97. The lowest BCUT2D eigenvalue weighted by molar-refractivity contribution is -0.138. The number of ether oxygens (including phenoxy) is 1. The Morgan fingerprint density at radius 2 is 1.65 bits per heavy atom. The topological polar surface area (TPSA) is 122 Å². The van der Waals surface area contributed by atoms with E-state index in [1.54, 1.807) is 46.8 Å². The van der Waals surface area contributed by atoms with Crippen molar-refractivity contribution in [3.05, 3.63) is 28.8 Å². The Labute approximate surface area is 154 Å². The van der Waals surface area contributed by atoms with Gasteiger partial charge in [0, 0.05) is 6.54 Å². The molecular weight excluding hydrogens is 360 g/mol. The number of nitrogens with one attached hydrogen (secondary N) is 2. The Morgan fingerprint density at radius 1 is 1.15 bits per heavy atom. The molecule has 146 valence electrons. The second-order valence-electron chi connectivity index (χ2n) is 7.12. The van der Waals surface area contributed by atoms with Gasteiger partial charge in [-0.1, -0.05) is 17.7 Å². The van der Waals surface area contributed by atoms with Gasteiger partial charge in [-0.25, -0.2) is 13.2 Å². The fourth-order valence-corrected chi connectivity index (χ4v) is 4.16. The largest absolute Gasteiger partial charge is 0.480 e. The van der Waals surface area contributed by atoms with Crippen molar-refractivity contribution < 1.29 is 27.9 Å². The van der Waals surface area contributed by atoms with Crippen molar-refractivity contribution >= 4 is 22.1 Å². The van der Waals surface area contributed by atoms with Crippen LogP contribution in [0.25, 0.3) is 0 Å². The van der Waals surface area contributed by atoms with Crippen LogP contribution in [0.3, 0.4) is 0 Å². The van der Waals surface area contributed by atoms with E-state index in [0.717, 1.165) is 5.56 Å². The van der Waals surface area contributed by atoms with Gasteiger partial charge in [0.2, 0.25) is 10.0 Å². The first-order valence-electron chi connectivity index (χ1n) is 8.03. The van der Waals surface area contributed by atoms with Gasteiger partial charge in [0.25, 0.3) is 0 Å². The number of carboxylic acid groups (broad SMARTS) is 1. The number of carbonyl (C=O) groups excluding carboxylic acids is 1. The summed E-state index contributed by atoms with van der Waals surface area (Å²) in [5.41, 5.74) is 1.18. The molecule has 8 nitrogen and oxygen atoms in total. The third-order valence-electron chi connectivity index (χ3n) is 3.32. The van der Waals surface area contributed by atoms with Gasteiger partial charge in [0.15, 0.2) is 0 Å². The molecule has 0 saturated carbocycles. The predicted octanol–water partition coefficient (Wildman–Crippen LogP) is 1.87. The first-order valence-corrected chi connectivity index (χ1v) is 9.51. The second kappa shape index (κ2) is 8.05. The second-order valence-corrected chi connectivity index (χ2v) is 8.77. The van der Waals surface area contributed by atoms with Gasteiger partial charge < -0.3 is 15.2 Å². The van der Waals surface area contributed by atoms with E-state index in [4.69, 9.17) is 4.74 Å². The number of hydrogen-bond donors (Lipinski definition) is 3. The number of rotatable bonds is 6. The van der Waals surface area contributed by atoms with Gasteiger partial charge >= 0.3 is 12.1 Å². The highest BCUT2D eigenvalue weighted by molar-refractivity contribution is 7.89. The molecule has 26 heavy (non-hydrogen) atoms. The van der Waals surface area contributed by atoms with Crippen LogP contribution in [-0.4, -0.2) is 43.8 Å². The molecule has 0 aliphatic heterocycles. The molecule has 1 rings (SSSR count). The van der Waals surface area contributed by atoms with Crippen LogP contribution in [0.1, 0.15) is 37.5 Å². The summed E-state index contributed by atoms with van der Waals surface area (Å²) in [5, 5.41) is 11.6.